The van der Waals surface area contributed by atoms with Gasteiger partial charge in [-0.25, -0.2) is 4.79 Å². The van der Waals surface area contributed by atoms with E-state index in [9.17, 15) is 4.79 Å². The molecule has 0 spiro atoms. The number of hydrogen-bond donors (Lipinski definition) is 2. The molecule has 0 rings (SSSR count). The van der Waals surface area contributed by atoms with E-state index in [0.717, 1.165) is 0 Å². The number of rotatable bonds is 2. The molecule has 4 nitrogen and oxygen atoms in total. The van der Waals surface area contributed by atoms with Gasteiger partial charge in [-0.1, -0.05) is 0 Å². The number of amides is 1. The Labute approximate surface area is 59.6 Å². The van der Waals surface area contributed by atoms with Gasteiger partial charge in [0.25, 0.3) is 0 Å². The second kappa shape index (κ2) is 7.52. The molecule has 0 radical (unpaired) electrons. The van der Waals surface area contributed by atoms with Gasteiger partial charge < -0.3 is 15.2 Å². The zero-order valence-corrected chi connectivity index (χ0v) is 5.90. The average Bonchev–Trinajstić information content (AvgIpc) is 1.83. The lowest BCUT2D eigenvalue weighted by Gasteiger charge is -1.97. The molecule has 0 aliphatic carbocycles. The van der Waals surface area contributed by atoms with Crippen molar-refractivity contribution in [1.82, 2.24) is 5.32 Å². The molecular weight excluding hydrogens is 146 g/mol. The molecule has 0 fully saturated rings. The van der Waals surface area contributed by atoms with Gasteiger partial charge in [0.2, 0.25) is 0 Å². The molecule has 9 heavy (non-hydrogen) atoms. The van der Waals surface area contributed by atoms with Gasteiger partial charge in [0.05, 0.1) is 13.7 Å². The number of carbonyl (C=O) groups excluding carboxylic acids is 1. The van der Waals surface area contributed by atoms with Crippen LogP contribution in [-0.4, -0.2) is 31.5 Å². The van der Waals surface area contributed by atoms with Crippen molar-refractivity contribution in [1.29, 1.82) is 0 Å². The summed E-state index contributed by atoms with van der Waals surface area (Å²) in [5.41, 5.74) is 0. The molecule has 0 aromatic rings. The Kier molecular flexibility index (Phi) is 9.47. The van der Waals surface area contributed by atoms with Crippen LogP contribution in [-0.2, 0) is 4.74 Å². The highest BCUT2D eigenvalue weighted by Gasteiger charge is 1.92. The summed E-state index contributed by atoms with van der Waals surface area (Å²) in [5, 5.41) is 10.4. The first-order chi connectivity index (χ1) is 3.81. The van der Waals surface area contributed by atoms with E-state index in [1.165, 1.54) is 7.11 Å². The van der Waals surface area contributed by atoms with Crippen LogP contribution >= 0.6 is 12.4 Å². The van der Waals surface area contributed by atoms with Gasteiger partial charge in [0.15, 0.2) is 0 Å². The molecule has 0 aromatic heterocycles. The summed E-state index contributed by atoms with van der Waals surface area (Å²) in [6.45, 7) is 0.182. The Morgan fingerprint density at radius 3 is 2.67 bits per heavy atom. The number of carbonyl (C=O) groups is 1. The predicted molar refractivity (Wildman–Crippen MR) is 34.7 cm³/mol. The zero-order chi connectivity index (χ0) is 6.41. The molecule has 5 heteroatoms. The van der Waals surface area contributed by atoms with Crippen LogP contribution in [0.4, 0.5) is 4.79 Å². The molecule has 2 N–H and O–H groups in total. The third kappa shape index (κ3) is 7.52. The Morgan fingerprint density at radius 2 is 2.33 bits per heavy atom. The maximum absolute atomic E-state index is 10.1. The second-order valence-corrected chi connectivity index (χ2v) is 1.14. The monoisotopic (exact) mass is 155 g/mol. The van der Waals surface area contributed by atoms with Gasteiger partial charge >= 0.3 is 6.09 Å². The second-order valence-electron chi connectivity index (χ2n) is 1.14. The van der Waals surface area contributed by atoms with Gasteiger partial charge in [-0.3, -0.25) is 0 Å². The molecule has 1 amide bonds. The minimum Gasteiger partial charge on any atom is -0.453 e. The van der Waals surface area contributed by atoms with Crippen LogP contribution < -0.4 is 5.32 Å². The van der Waals surface area contributed by atoms with Gasteiger partial charge in [0.1, 0.15) is 0 Å². The van der Waals surface area contributed by atoms with Gasteiger partial charge in [-0.2, -0.15) is 0 Å². The SMILES string of the molecule is COC(=O)NCCO.Cl. The van der Waals surface area contributed by atoms with Crippen LogP contribution in [0.25, 0.3) is 0 Å². The van der Waals surface area contributed by atoms with Crippen molar-refractivity contribution in [3.63, 3.8) is 0 Å². The van der Waals surface area contributed by atoms with Crippen molar-refractivity contribution in [2.75, 3.05) is 20.3 Å². The summed E-state index contributed by atoms with van der Waals surface area (Å²) >= 11 is 0. The zero-order valence-electron chi connectivity index (χ0n) is 5.09. The summed E-state index contributed by atoms with van der Waals surface area (Å²) in [4.78, 5) is 10.1. The Hall–Kier alpha value is -0.480. The summed E-state index contributed by atoms with van der Waals surface area (Å²) in [7, 11) is 1.27. The van der Waals surface area contributed by atoms with Crippen molar-refractivity contribution in [3.05, 3.63) is 0 Å². The van der Waals surface area contributed by atoms with Gasteiger partial charge in [0, 0.05) is 6.54 Å². The number of nitrogens with one attached hydrogen (secondary N) is 1. The number of methoxy groups -OCH3 is 1. The fraction of sp³-hybridized carbons (Fsp3) is 0.750. The molecule has 0 unspecified atom stereocenters. The van der Waals surface area contributed by atoms with Crippen molar-refractivity contribution >= 4 is 18.5 Å². The summed E-state index contributed by atoms with van der Waals surface area (Å²) in [6, 6.07) is 0. The Bertz CT molecular complexity index is 78.2. The maximum atomic E-state index is 10.1. The Balaban J connectivity index is 0. The predicted octanol–water partition coefficient (Wildman–Crippen LogP) is -0.243. The number of aliphatic hydroxyl groups excluding tert-OH is 1. The minimum absolute atomic E-state index is 0. The van der Waals surface area contributed by atoms with Gasteiger partial charge in [-0.15, -0.1) is 12.4 Å². The fourth-order valence-electron chi connectivity index (χ4n) is 0.230. The molecule has 0 heterocycles. The molecule has 0 aliphatic heterocycles. The van der Waals surface area contributed by atoms with Crippen LogP contribution in [0.15, 0.2) is 0 Å². The Morgan fingerprint density at radius 1 is 1.78 bits per heavy atom. The number of aliphatic hydroxyl groups is 1. The van der Waals surface area contributed by atoms with E-state index >= 15 is 0 Å². The molecule has 56 valence electrons. The molecule has 0 saturated heterocycles. The van der Waals surface area contributed by atoms with Gasteiger partial charge in [-0.05, 0) is 0 Å². The molecular formula is C4H10ClNO3. The normalized spacial score (nSPS) is 7.33. The number of halogens is 1. The van der Waals surface area contributed by atoms with Crippen LogP contribution in [0.3, 0.4) is 0 Å². The molecule has 0 saturated carbocycles. The molecule has 0 bridgehead atoms. The first-order valence-electron chi connectivity index (χ1n) is 2.24. The smallest absolute Gasteiger partial charge is 0.406 e. The number of alkyl carbamates (subject to hydrolysis) is 1. The molecule has 0 aromatic carbocycles. The van der Waals surface area contributed by atoms with Crippen LogP contribution in [0, 0.1) is 0 Å². The summed E-state index contributed by atoms with van der Waals surface area (Å²) in [6.07, 6.45) is -0.515. The van der Waals surface area contributed by atoms with Crippen molar-refractivity contribution in [2.45, 2.75) is 0 Å². The first-order valence-corrected chi connectivity index (χ1v) is 2.24. The lowest BCUT2D eigenvalue weighted by atomic mass is 10.7. The fourth-order valence-corrected chi connectivity index (χ4v) is 0.230. The standard InChI is InChI=1S/C4H9NO3.ClH/c1-8-4(7)5-2-3-6;/h6H,2-3H2,1H3,(H,5,7);1H. The lowest BCUT2D eigenvalue weighted by molar-refractivity contribution is 0.167. The van der Waals surface area contributed by atoms with E-state index in [0.29, 0.717) is 0 Å². The summed E-state index contributed by atoms with van der Waals surface area (Å²) < 4.78 is 4.19. The number of ether oxygens (including phenoxy) is 1. The summed E-state index contributed by atoms with van der Waals surface area (Å²) in [5.74, 6) is 0. The van der Waals surface area contributed by atoms with Crippen LogP contribution in [0.2, 0.25) is 0 Å². The lowest BCUT2D eigenvalue weighted by Crippen LogP contribution is -2.25. The molecule has 0 atom stereocenters. The van der Waals surface area contributed by atoms with E-state index in [1.54, 1.807) is 0 Å². The van der Waals surface area contributed by atoms with E-state index in [1.807, 2.05) is 0 Å². The van der Waals surface area contributed by atoms with Crippen molar-refractivity contribution in [3.8, 4) is 0 Å². The highest BCUT2D eigenvalue weighted by molar-refractivity contribution is 5.85. The van der Waals surface area contributed by atoms with E-state index in [-0.39, 0.29) is 25.6 Å². The average molecular weight is 156 g/mol. The highest BCUT2D eigenvalue weighted by atomic mass is 35.5. The van der Waals surface area contributed by atoms with Crippen LogP contribution in [0.1, 0.15) is 0 Å². The third-order valence-electron chi connectivity index (χ3n) is 0.567. The van der Waals surface area contributed by atoms with Crippen LogP contribution in [0.5, 0.6) is 0 Å². The van der Waals surface area contributed by atoms with E-state index in [4.69, 9.17) is 5.11 Å². The quantitative estimate of drug-likeness (QED) is 0.579. The van der Waals surface area contributed by atoms with Crippen molar-refractivity contribution < 1.29 is 14.6 Å². The molecule has 0 aliphatic rings. The highest BCUT2D eigenvalue weighted by Crippen LogP contribution is 1.66. The van der Waals surface area contributed by atoms with E-state index < -0.39 is 6.09 Å². The third-order valence-corrected chi connectivity index (χ3v) is 0.567. The van der Waals surface area contributed by atoms with Crippen molar-refractivity contribution in [2.24, 2.45) is 0 Å². The first kappa shape index (κ1) is 11.3. The largest absolute Gasteiger partial charge is 0.453 e. The topological polar surface area (TPSA) is 58.6 Å². The number of hydrogen-bond acceptors (Lipinski definition) is 3. The minimum atomic E-state index is -0.515. The van der Waals surface area contributed by atoms with E-state index in [2.05, 4.69) is 10.1 Å². The maximum Gasteiger partial charge on any atom is 0.406 e.